The number of hydrogen-bond acceptors (Lipinski definition) is 4. The number of nitrogens with one attached hydrogen (secondary N) is 1. The minimum absolute atomic E-state index is 0.267. The van der Waals surface area contributed by atoms with Gasteiger partial charge in [0.05, 0.1) is 12.2 Å². The van der Waals surface area contributed by atoms with Crippen molar-refractivity contribution in [2.75, 3.05) is 14.1 Å². The van der Waals surface area contributed by atoms with Crippen LogP contribution >= 0.6 is 0 Å². The Balaban J connectivity index is 3.19. The van der Waals surface area contributed by atoms with Crippen molar-refractivity contribution in [2.24, 2.45) is 5.84 Å². The van der Waals surface area contributed by atoms with Crippen molar-refractivity contribution >= 4 is 0 Å². The van der Waals surface area contributed by atoms with Gasteiger partial charge in [0, 0.05) is 17.3 Å². The lowest BCUT2D eigenvalue weighted by molar-refractivity contribution is 0.111. The van der Waals surface area contributed by atoms with E-state index in [4.69, 9.17) is 5.84 Å². The first-order valence-electron chi connectivity index (χ1n) is 5.70. The van der Waals surface area contributed by atoms with Crippen molar-refractivity contribution < 1.29 is 4.39 Å². The SMILES string of the molecule is CCC(C)(C(NN)c1ccncc1F)N(C)C. The number of hydrazine groups is 1. The Hall–Kier alpha value is -1.04. The van der Waals surface area contributed by atoms with Crippen molar-refractivity contribution in [3.05, 3.63) is 29.8 Å². The molecule has 5 heteroatoms. The number of nitrogens with two attached hydrogens (primary N) is 1. The summed E-state index contributed by atoms with van der Waals surface area (Å²) in [5.41, 5.74) is 3.00. The van der Waals surface area contributed by atoms with Crippen LogP contribution in [-0.2, 0) is 0 Å². The Kier molecular flexibility index (Phi) is 4.56. The zero-order valence-corrected chi connectivity index (χ0v) is 10.9. The molecule has 1 aromatic rings. The molecule has 0 saturated carbocycles. The topological polar surface area (TPSA) is 54.2 Å². The second-order valence-corrected chi connectivity index (χ2v) is 4.60. The van der Waals surface area contributed by atoms with E-state index in [0.29, 0.717) is 5.56 Å². The molecule has 0 radical (unpaired) electrons. The highest BCUT2D eigenvalue weighted by Crippen LogP contribution is 2.32. The van der Waals surface area contributed by atoms with Crippen LogP contribution in [0.1, 0.15) is 31.9 Å². The summed E-state index contributed by atoms with van der Waals surface area (Å²) in [6, 6.07) is 1.38. The quantitative estimate of drug-likeness (QED) is 0.604. The molecule has 1 aromatic heterocycles. The molecular formula is C12H21FN4. The van der Waals surface area contributed by atoms with E-state index in [2.05, 4.69) is 29.2 Å². The summed E-state index contributed by atoms with van der Waals surface area (Å²) in [5, 5.41) is 0. The lowest BCUT2D eigenvalue weighted by Crippen LogP contribution is -2.53. The molecule has 0 aliphatic rings. The third-order valence-corrected chi connectivity index (χ3v) is 3.64. The highest BCUT2D eigenvalue weighted by Gasteiger charge is 2.36. The molecule has 2 atom stereocenters. The van der Waals surface area contributed by atoms with Gasteiger partial charge in [0.2, 0.25) is 0 Å². The second kappa shape index (κ2) is 5.53. The van der Waals surface area contributed by atoms with Gasteiger partial charge in [-0.1, -0.05) is 6.92 Å². The summed E-state index contributed by atoms with van der Waals surface area (Å²) in [6.07, 6.45) is 3.64. The van der Waals surface area contributed by atoms with Crippen molar-refractivity contribution in [2.45, 2.75) is 31.8 Å². The Morgan fingerprint density at radius 3 is 2.65 bits per heavy atom. The minimum atomic E-state index is -0.336. The number of aromatic nitrogens is 1. The van der Waals surface area contributed by atoms with Gasteiger partial charge in [-0.05, 0) is 33.5 Å². The number of likely N-dealkylation sites (N-methyl/N-ethyl adjacent to an activating group) is 1. The smallest absolute Gasteiger partial charge is 0.146 e. The molecule has 0 saturated heterocycles. The van der Waals surface area contributed by atoms with Gasteiger partial charge in [0.1, 0.15) is 5.82 Å². The first-order valence-corrected chi connectivity index (χ1v) is 5.70. The summed E-state index contributed by atoms with van der Waals surface area (Å²) in [6.45, 7) is 4.11. The molecule has 96 valence electrons. The molecule has 0 amide bonds. The van der Waals surface area contributed by atoms with Crippen LogP contribution in [0.4, 0.5) is 4.39 Å². The average Bonchev–Trinajstić information content (AvgIpc) is 2.31. The molecule has 0 fully saturated rings. The predicted molar refractivity (Wildman–Crippen MR) is 66.6 cm³/mol. The van der Waals surface area contributed by atoms with Crippen LogP contribution in [0.2, 0.25) is 0 Å². The Bertz CT molecular complexity index is 369. The van der Waals surface area contributed by atoms with Gasteiger partial charge in [-0.15, -0.1) is 0 Å². The van der Waals surface area contributed by atoms with E-state index in [1.54, 1.807) is 12.3 Å². The van der Waals surface area contributed by atoms with E-state index < -0.39 is 0 Å². The van der Waals surface area contributed by atoms with E-state index in [1.807, 2.05) is 14.1 Å². The van der Waals surface area contributed by atoms with Crippen LogP contribution in [0.25, 0.3) is 0 Å². The molecule has 0 bridgehead atoms. The van der Waals surface area contributed by atoms with Crippen LogP contribution in [0.5, 0.6) is 0 Å². The predicted octanol–water partition coefficient (Wildman–Crippen LogP) is 1.46. The fraction of sp³-hybridized carbons (Fsp3) is 0.583. The zero-order valence-electron chi connectivity index (χ0n) is 10.9. The summed E-state index contributed by atoms with van der Waals surface area (Å²) in [7, 11) is 3.93. The molecule has 1 rings (SSSR count). The summed E-state index contributed by atoms with van der Waals surface area (Å²) in [5.74, 6) is 5.27. The van der Waals surface area contributed by atoms with E-state index in [9.17, 15) is 4.39 Å². The van der Waals surface area contributed by atoms with Crippen molar-refractivity contribution in [3.63, 3.8) is 0 Å². The number of pyridine rings is 1. The molecule has 0 aromatic carbocycles. The monoisotopic (exact) mass is 240 g/mol. The van der Waals surface area contributed by atoms with Gasteiger partial charge >= 0.3 is 0 Å². The Morgan fingerprint density at radius 1 is 1.59 bits per heavy atom. The fourth-order valence-electron chi connectivity index (χ4n) is 2.00. The third-order valence-electron chi connectivity index (χ3n) is 3.64. The fourth-order valence-corrected chi connectivity index (χ4v) is 2.00. The van der Waals surface area contributed by atoms with E-state index in [-0.39, 0.29) is 17.4 Å². The number of rotatable bonds is 5. The average molecular weight is 240 g/mol. The van der Waals surface area contributed by atoms with Crippen LogP contribution in [0, 0.1) is 5.82 Å². The lowest BCUT2D eigenvalue weighted by atomic mass is 9.84. The van der Waals surface area contributed by atoms with Gasteiger partial charge in [-0.2, -0.15) is 0 Å². The van der Waals surface area contributed by atoms with Gasteiger partial charge in [-0.3, -0.25) is 16.3 Å². The highest BCUT2D eigenvalue weighted by molar-refractivity contribution is 5.21. The molecule has 0 aliphatic carbocycles. The molecule has 0 spiro atoms. The lowest BCUT2D eigenvalue weighted by Gasteiger charge is -2.42. The molecule has 2 unspecified atom stereocenters. The molecule has 17 heavy (non-hydrogen) atoms. The Labute approximate surface area is 102 Å². The van der Waals surface area contributed by atoms with Gasteiger partial charge in [0.15, 0.2) is 0 Å². The minimum Gasteiger partial charge on any atom is -0.302 e. The maximum atomic E-state index is 13.8. The standard InChI is InChI=1S/C12H21FN4/c1-5-12(2,17(3)4)11(16-14)9-6-7-15-8-10(9)13/h6-8,11,16H,5,14H2,1-4H3. The van der Waals surface area contributed by atoms with Gasteiger partial charge in [-0.25, -0.2) is 4.39 Å². The molecule has 3 N–H and O–H groups in total. The summed E-state index contributed by atoms with van der Waals surface area (Å²) < 4.78 is 13.8. The molecule has 1 heterocycles. The molecule has 4 nitrogen and oxygen atoms in total. The first-order chi connectivity index (χ1) is 7.97. The second-order valence-electron chi connectivity index (χ2n) is 4.60. The number of nitrogens with zero attached hydrogens (tertiary/aromatic N) is 2. The van der Waals surface area contributed by atoms with Gasteiger partial charge < -0.3 is 4.90 Å². The van der Waals surface area contributed by atoms with Gasteiger partial charge in [0.25, 0.3) is 0 Å². The zero-order chi connectivity index (χ0) is 13.1. The van der Waals surface area contributed by atoms with Crippen LogP contribution in [0.15, 0.2) is 18.5 Å². The van der Waals surface area contributed by atoms with Crippen LogP contribution in [-0.4, -0.2) is 29.5 Å². The van der Waals surface area contributed by atoms with E-state index in [0.717, 1.165) is 6.42 Å². The van der Waals surface area contributed by atoms with E-state index >= 15 is 0 Å². The molecular weight excluding hydrogens is 219 g/mol. The maximum Gasteiger partial charge on any atom is 0.146 e. The van der Waals surface area contributed by atoms with Crippen LogP contribution in [0.3, 0.4) is 0 Å². The first kappa shape index (κ1) is 14.0. The highest BCUT2D eigenvalue weighted by atomic mass is 19.1. The van der Waals surface area contributed by atoms with Crippen LogP contribution < -0.4 is 11.3 Å². The maximum absolute atomic E-state index is 13.8. The number of hydrogen-bond donors (Lipinski definition) is 2. The van der Waals surface area contributed by atoms with E-state index in [1.165, 1.54) is 6.20 Å². The summed E-state index contributed by atoms with van der Waals surface area (Å²) in [4.78, 5) is 5.81. The normalized spacial score (nSPS) is 16.9. The largest absolute Gasteiger partial charge is 0.302 e. The Morgan fingerprint density at radius 2 is 2.24 bits per heavy atom. The number of halogens is 1. The van der Waals surface area contributed by atoms with Crippen molar-refractivity contribution in [3.8, 4) is 0 Å². The van der Waals surface area contributed by atoms with Crippen molar-refractivity contribution in [1.82, 2.24) is 15.3 Å². The van der Waals surface area contributed by atoms with Crippen molar-refractivity contribution in [1.29, 1.82) is 0 Å². The molecule has 0 aliphatic heterocycles. The third kappa shape index (κ3) is 2.62. The summed E-state index contributed by atoms with van der Waals surface area (Å²) >= 11 is 0.